The molecule has 0 radical (unpaired) electrons. The molecule has 2 N–H and O–H groups in total. The average molecular weight is 338 g/mol. The van der Waals surface area contributed by atoms with Crippen LogP contribution in [0.15, 0.2) is 39.5 Å². The largest absolute Gasteiger partial charge is 0.493 e. The molecule has 3 rings (SSSR count). The van der Waals surface area contributed by atoms with Gasteiger partial charge in [-0.1, -0.05) is 32.0 Å². The minimum absolute atomic E-state index is 0.0239. The Bertz CT molecular complexity index is 1010. The molecule has 8 heteroatoms. The molecule has 6 nitrogen and oxygen atoms in total. The van der Waals surface area contributed by atoms with Gasteiger partial charge >= 0.3 is 5.69 Å². The molecular weight excluding hydrogens is 324 g/mol. The molecule has 2 aromatic heterocycles. The highest BCUT2D eigenvalue weighted by molar-refractivity contribution is 7.92. The number of hydrogen-bond donors (Lipinski definition) is 2. The zero-order valence-electron chi connectivity index (χ0n) is 11.9. The van der Waals surface area contributed by atoms with Crippen LogP contribution in [0, 0.1) is 0 Å². The average Bonchev–Trinajstić information content (AvgIpc) is 2.99. The van der Waals surface area contributed by atoms with Crippen LogP contribution in [-0.4, -0.2) is 22.5 Å². The molecule has 1 aromatic carbocycles. The fourth-order valence-corrected chi connectivity index (χ4v) is 5.74. The Kier molecular flexibility index (Phi) is 3.37. The van der Waals surface area contributed by atoms with Crippen LogP contribution < -0.4 is 5.69 Å². The van der Waals surface area contributed by atoms with E-state index in [1.54, 1.807) is 0 Å². The predicted octanol–water partition coefficient (Wildman–Crippen LogP) is 2.46. The van der Waals surface area contributed by atoms with Crippen LogP contribution in [0.25, 0.3) is 10.1 Å². The van der Waals surface area contributed by atoms with Gasteiger partial charge in [0.25, 0.3) is 10.0 Å². The maximum Gasteiger partial charge on any atom is 0.342 e. The van der Waals surface area contributed by atoms with Crippen molar-refractivity contribution in [3.8, 4) is 5.88 Å². The van der Waals surface area contributed by atoms with Crippen molar-refractivity contribution in [1.82, 2.24) is 8.96 Å². The van der Waals surface area contributed by atoms with Gasteiger partial charge in [-0.05, 0) is 22.9 Å². The number of fused-ring (bicyclic) bond motifs is 1. The molecule has 116 valence electrons. The highest BCUT2D eigenvalue weighted by atomic mass is 32.2. The highest BCUT2D eigenvalue weighted by Crippen LogP contribution is 2.39. The molecule has 0 fully saturated rings. The lowest BCUT2D eigenvalue weighted by Crippen LogP contribution is -2.24. The SMILES string of the molecule is CC(C)c1c(S(=O)(=O)n2cc(O)[nH]c2=O)sc2ccccc12. The van der Waals surface area contributed by atoms with E-state index in [9.17, 15) is 18.3 Å². The number of hydrogen-bond acceptors (Lipinski definition) is 5. The first-order valence-electron chi connectivity index (χ1n) is 6.60. The molecule has 0 amide bonds. The van der Waals surface area contributed by atoms with E-state index in [1.807, 2.05) is 38.1 Å². The fourth-order valence-electron chi connectivity index (χ4n) is 2.42. The van der Waals surface area contributed by atoms with Crippen molar-refractivity contribution in [3.63, 3.8) is 0 Å². The summed E-state index contributed by atoms with van der Waals surface area (Å²) >= 11 is 1.13. The third-order valence-corrected chi connectivity index (χ3v) is 6.69. The smallest absolute Gasteiger partial charge is 0.342 e. The molecule has 22 heavy (non-hydrogen) atoms. The quantitative estimate of drug-likeness (QED) is 0.767. The third-order valence-electron chi connectivity index (χ3n) is 3.35. The Hall–Kier alpha value is -2.06. The molecule has 0 saturated heterocycles. The topological polar surface area (TPSA) is 92.2 Å². The van der Waals surface area contributed by atoms with Gasteiger partial charge in [-0.3, -0.25) is 4.98 Å². The molecule has 0 bridgehead atoms. The molecule has 0 unspecified atom stereocenters. The van der Waals surface area contributed by atoms with Crippen LogP contribution in [0.3, 0.4) is 0 Å². The first-order chi connectivity index (χ1) is 10.3. The molecule has 2 heterocycles. The van der Waals surface area contributed by atoms with Crippen LogP contribution in [0.1, 0.15) is 25.3 Å². The summed E-state index contributed by atoms with van der Waals surface area (Å²) in [6.45, 7) is 3.82. The minimum Gasteiger partial charge on any atom is -0.493 e. The van der Waals surface area contributed by atoms with Gasteiger partial charge in [-0.2, -0.15) is 12.4 Å². The maximum atomic E-state index is 12.8. The van der Waals surface area contributed by atoms with E-state index >= 15 is 0 Å². The van der Waals surface area contributed by atoms with Crippen molar-refractivity contribution in [1.29, 1.82) is 0 Å². The molecular formula is C14H14N2O4S2. The molecule has 0 aliphatic heterocycles. The van der Waals surface area contributed by atoms with Gasteiger partial charge in [0.2, 0.25) is 5.88 Å². The van der Waals surface area contributed by atoms with Crippen molar-refractivity contribution in [2.75, 3.05) is 0 Å². The molecule has 0 aliphatic rings. The minimum atomic E-state index is -4.05. The van der Waals surface area contributed by atoms with Crippen molar-refractivity contribution in [2.45, 2.75) is 24.0 Å². The van der Waals surface area contributed by atoms with Crippen molar-refractivity contribution in [3.05, 3.63) is 46.5 Å². The van der Waals surface area contributed by atoms with Gasteiger partial charge in [0.05, 0.1) is 6.20 Å². The van der Waals surface area contributed by atoms with Crippen LogP contribution >= 0.6 is 11.3 Å². The van der Waals surface area contributed by atoms with Crippen molar-refractivity contribution >= 4 is 31.4 Å². The Morgan fingerprint density at radius 1 is 1.27 bits per heavy atom. The summed E-state index contributed by atoms with van der Waals surface area (Å²) in [6, 6.07) is 7.42. The molecule has 0 aliphatic carbocycles. The fraction of sp³-hybridized carbons (Fsp3) is 0.214. The predicted molar refractivity (Wildman–Crippen MR) is 85.2 cm³/mol. The van der Waals surface area contributed by atoms with Crippen molar-refractivity contribution < 1.29 is 13.5 Å². The first kappa shape index (κ1) is 14.9. The highest BCUT2D eigenvalue weighted by Gasteiger charge is 2.28. The van der Waals surface area contributed by atoms with E-state index in [2.05, 4.69) is 4.98 Å². The van der Waals surface area contributed by atoms with Crippen LogP contribution in [0.5, 0.6) is 5.88 Å². The van der Waals surface area contributed by atoms with Crippen LogP contribution in [0.4, 0.5) is 0 Å². The number of thiophene rings is 1. The monoisotopic (exact) mass is 338 g/mol. The van der Waals surface area contributed by atoms with E-state index in [4.69, 9.17) is 0 Å². The van der Waals surface area contributed by atoms with Crippen LogP contribution in [-0.2, 0) is 10.0 Å². The number of imidazole rings is 1. The summed E-state index contributed by atoms with van der Waals surface area (Å²) in [4.78, 5) is 13.8. The second-order valence-corrected chi connectivity index (χ2v) is 8.26. The number of benzene rings is 1. The van der Waals surface area contributed by atoms with Crippen LogP contribution in [0.2, 0.25) is 0 Å². The summed E-state index contributed by atoms with van der Waals surface area (Å²) in [6.07, 6.45) is 0.881. The number of nitrogens with zero attached hydrogens (tertiary/aromatic N) is 1. The Morgan fingerprint density at radius 2 is 1.95 bits per heavy atom. The van der Waals surface area contributed by atoms with Gasteiger partial charge in [-0.25, -0.2) is 4.79 Å². The number of aromatic hydroxyl groups is 1. The Morgan fingerprint density at radius 3 is 2.55 bits per heavy atom. The second-order valence-electron chi connectivity index (χ2n) is 5.20. The van der Waals surface area contributed by atoms with E-state index in [1.165, 1.54) is 0 Å². The number of H-pyrrole nitrogens is 1. The molecule has 0 saturated carbocycles. The summed E-state index contributed by atoms with van der Waals surface area (Å²) in [5.41, 5.74) is -0.196. The van der Waals surface area contributed by atoms with E-state index in [-0.39, 0.29) is 10.1 Å². The molecule has 3 aromatic rings. The first-order valence-corrected chi connectivity index (χ1v) is 8.85. The maximum absolute atomic E-state index is 12.8. The van der Waals surface area contributed by atoms with Gasteiger partial charge in [0.15, 0.2) is 0 Å². The number of aromatic nitrogens is 2. The number of rotatable bonds is 3. The van der Waals surface area contributed by atoms with Gasteiger partial charge < -0.3 is 5.11 Å². The molecule has 0 spiro atoms. The van der Waals surface area contributed by atoms with Crippen molar-refractivity contribution in [2.24, 2.45) is 0 Å². The standard InChI is InChI=1S/C14H14N2O4S2/c1-8(2)12-9-5-3-4-6-10(9)21-13(12)22(19,20)16-7-11(17)15-14(16)18/h3-8,17H,1-2H3,(H,15,18). The summed E-state index contributed by atoms with van der Waals surface area (Å²) < 4.78 is 27.1. The normalized spacial score (nSPS) is 12.3. The Balaban J connectivity index is 2.36. The number of aromatic amines is 1. The summed E-state index contributed by atoms with van der Waals surface area (Å²) in [5, 5.41) is 10.2. The summed E-state index contributed by atoms with van der Waals surface area (Å²) in [5.74, 6) is -0.509. The summed E-state index contributed by atoms with van der Waals surface area (Å²) in [7, 11) is -4.05. The number of nitrogens with one attached hydrogen (secondary N) is 1. The molecule has 0 atom stereocenters. The lowest BCUT2D eigenvalue weighted by atomic mass is 10.0. The lowest BCUT2D eigenvalue weighted by Gasteiger charge is -2.09. The van der Waals surface area contributed by atoms with Gasteiger partial charge in [0, 0.05) is 4.70 Å². The zero-order valence-corrected chi connectivity index (χ0v) is 13.5. The van der Waals surface area contributed by atoms with Gasteiger partial charge in [-0.15, -0.1) is 11.3 Å². The van der Waals surface area contributed by atoms with E-state index < -0.39 is 21.6 Å². The zero-order chi connectivity index (χ0) is 16.1. The second kappa shape index (κ2) is 4.99. The van der Waals surface area contributed by atoms with Gasteiger partial charge in [0.1, 0.15) is 4.21 Å². The van der Waals surface area contributed by atoms with E-state index in [0.717, 1.165) is 27.6 Å². The third kappa shape index (κ3) is 2.15. The Labute approximate surface area is 130 Å². The lowest BCUT2D eigenvalue weighted by molar-refractivity contribution is 0.455. The van der Waals surface area contributed by atoms with E-state index in [0.29, 0.717) is 9.54 Å².